The van der Waals surface area contributed by atoms with E-state index >= 15 is 0 Å². The van der Waals surface area contributed by atoms with Gasteiger partial charge >= 0.3 is 0 Å². The lowest BCUT2D eigenvalue weighted by Gasteiger charge is -2.19. The van der Waals surface area contributed by atoms with Crippen LogP contribution in [0.15, 0.2) is 33.3 Å². The SMILES string of the molecule is COCCc1nsc(N2CCCC2c2nc(-c3ccccc3Br)no2)n1. The van der Waals surface area contributed by atoms with Crippen molar-refractivity contribution < 1.29 is 9.26 Å². The van der Waals surface area contributed by atoms with E-state index in [4.69, 9.17) is 9.26 Å². The first-order valence-electron chi connectivity index (χ1n) is 8.43. The molecule has 7 nitrogen and oxygen atoms in total. The Morgan fingerprint density at radius 3 is 3.08 bits per heavy atom. The van der Waals surface area contributed by atoms with Gasteiger partial charge in [0.05, 0.1) is 6.61 Å². The van der Waals surface area contributed by atoms with Crippen molar-refractivity contribution in [2.24, 2.45) is 0 Å². The number of halogens is 1. The van der Waals surface area contributed by atoms with Gasteiger partial charge in [-0.1, -0.05) is 33.2 Å². The summed E-state index contributed by atoms with van der Waals surface area (Å²) in [5.74, 6) is 2.04. The van der Waals surface area contributed by atoms with Crippen molar-refractivity contribution in [3.8, 4) is 11.4 Å². The highest BCUT2D eigenvalue weighted by Crippen LogP contribution is 2.37. The third-order valence-corrected chi connectivity index (χ3v) is 5.81. The zero-order chi connectivity index (χ0) is 17.9. The maximum absolute atomic E-state index is 5.59. The molecule has 1 aliphatic heterocycles. The standard InChI is InChI=1S/C17H18BrN5O2S/c1-24-10-8-14-19-17(26-22-14)23-9-4-7-13(23)16-20-15(21-25-16)11-5-2-3-6-12(11)18/h2-3,5-6,13H,4,7-10H2,1H3. The van der Waals surface area contributed by atoms with Crippen LogP contribution in [0.25, 0.3) is 11.4 Å². The van der Waals surface area contributed by atoms with Gasteiger partial charge in [0.25, 0.3) is 0 Å². The normalized spacial score (nSPS) is 17.2. The maximum Gasteiger partial charge on any atom is 0.249 e. The second-order valence-corrected chi connectivity index (χ2v) is 7.61. The molecule has 0 aliphatic carbocycles. The molecule has 0 spiro atoms. The van der Waals surface area contributed by atoms with E-state index in [1.165, 1.54) is 11.5 Å². The molecule has 0 N–H and O–H groups in total. The zero-order valence-corrected chi connectivity index (χ0v) is 16.7. The Labute approximate surface area is 163 Å². The van der Waals surface area contributed by atoms with E-state index in [0.717, 1.165) is 46.8 Å². The Kier molecular flexibility index (Phi) is 5.28. The van der Waals surface area contributed by atoms with Crippen LogP contribution in [0.1, 0.15) is 30.6 Å². The summed E-state index contributed by atoms with van der Waals surface area (Å²) in [6.45, 7) is 1.54. The highest BCUT2D eigenvalue weighted by atomic mass is 79.9. The van der Waals surface area contributed by atoms with Gasteiger partial charge in [-0.3, -0.25) is 0 Å². The van der Waals surface area contributed by atoms with E-state index in [1.807, 2.05) is 24.3 Å². The fourth-order valence-corrected chi connectivity index (χ4v) is 4.28. The van der Waals surface area contributed by atoms with Crippen LogP contribution in [0.2, 0.25) is 0 Å². The fourth-order valence-electron chi connectivity index (χ4n) is 3.03. The average molecular weight is 436 g/mol. The first-order valence-corrected chi connectivity index (χ1v) is 9.99. The number of rotatable bonds is 6. The van der Waals surface area contributed by atoms with Gasteiger partial charge in [-0.2, -0.15) is 9.36 Å². The first-order chi connectivity index (χ1) is 12.8. The summed E-state index contributed by atoms with van der Waals surface area (Å²) in [4.78, 5) is 11.5. The molecule has 136 valence electrons. The molecule has 1 aromatic carbocycles. The summed E-state index contributed by atoms with van der Waals surface area (Å²) in [5, 5.41) is 5.08. The summed E-state index contributed by atoms with van der Waals surface area (Å²) in [7, 11) is 1.68. The molecule has 0 amide bonds. The van der Waals surface area contributed by atoms with Crippen molar-refractivity contribution in [3.05, 3.63) is 40.5 Å². The van der Waals surface area contributed by atoms with E-state index in [0.29, 0.717) is 18.3 Å². The largest absolute Gasteiger partial charge is 0.384 e. The molecule has 4 rings (SSSR count). The lowest BCUT2D eigenvalue weighted by molar-refractivity contribution is 0.201. The number of nitrogens with zero attached hydrogens (tertiary/aromatic N) is 5. The van der Waals surface area contributed by atoms with Crippen molar-refractivity contribution in [2.75, 3.05) is 25.2 Å². The molecule has 26 heavy (non-hydrogen) atoms. The van der Waals surface area contributed by atoms with Crippen molar-refractivity contribution >= 4 is 32.6 Å². The van der Waals surface area contributed by atoms with Crippen LogP contribution in [0.5, 0.6) is 0 Å². The molecule has 9 heteroatoms. The highest BCUT2D eigenvalue weighted by Gasteiger charge is 2.33. The molecule has 1 aliphatic rings. The summed E-state index contributed by atoms with van der Waals surface area (Å²) in [6.07, 6.45) is 2.74. The molecular formula is C17H18BrN5O2S. The third-order valence-electron chi connectivity index (χ3n) is 4.33. The van der Waals surface area contributed by atoms with Crippen LogP contribution in [0.3, 0.4) is 0 Å². The van der Waals surface area contributed by atoms with Gasteiger partial charge in [-0.15, -0.1) is 0 Å². The van der Waals surface area contributed by atoms with Crippen molar-refractivity contribution in [3.63, 3.8) is 0 Å². The number of hydrogen-bond donors (Lipinski definition) is 0. The molecule has 0 bridgehead atoms. The number of benzene rings is 1. The van der Waals surface area contributed by atoms with E-state index in [-0.39, 0.29) is 6.04 Å². The first kappa shape index (κ1) is 17.6. The molecule has 3 aromatic rings. The second kappa shape index (κ2) is 7.81. The Morgan fingerprint density at radius 2 is 2.23 bits per heavy atom. The molecule has 3 heterocycles. The molecule has 1 atom stereocenters. The smallest absolute Gasteiger partial charge is 0.249 e. The average Bonchev–Trinajstić information content (AvgIpc) is 3.39. The molecule has 1 unspecified atom stereocenters. The number of aromatic nitrogens is 4. The van der Waals surface area contributed by atoms with Gasteiger partial charge in [-0.25, -0.2) is 4.98 Å². The van der Waals surface area contributed by atoms with Crippen molar-refractivity contribution in [1.29, 1.82) is 0 Å². The molecular weight excluding hydrogens is 418 g/mol. The summed E-state index contributed by atoms with van der Waals surface area (Å²) < 4.78 is 16.1. The quantitative estimate of drug-likeness (QED) is 0.580. The van der Waals surface area contributed by atoms with Crippen molar-refractivity contribution in [1.82, 2.24) is 19.5 Å². The lowest BCUT2D eigenvalue weighted by atomic mass is 10.2. The Balaban J connectivity index is 1.56. The predicted molar refractivity (Wildman–Crippen MR) is 102 cm³/mol. The zero-order valence-electron chi connectivity index (χ0n) is 14.3. The van der Waals surface area contributed by atoms with Crippen LogP contribution < -0.4 is 4.90 Å². The van der Waals surface area contributed by atoms with Crippen LogP contribution >= 0.6 is 27.5 Å². The molecule has 0 radical (unpaired) electrons. The number of anilines is 1. The summed E-state index contributed by atoms with van der Waals surface area (Å²) >= 11 is 4.95. The second-order valence-electron chi connectivity index (χ2n) is 6.02. The summed E-state index contributed by atoms with van der Waals surface area (Å²) in [5.41, 5.74) is 0.921. The van der Waals surface area contributed by atoms with Crippen LogP contribution in [0.4, 0.5) is 5.13 Å². The number of hydrogen-bond acceptors (Lipinski definition) is 8. The van der Waals surface area contributed by atoms with Gasteiger partial charge in [0.15, 0.2) is 0 Å². The molecule has 1 saturated heterocycles. The number of ether oxygens (including phenoxy) is 1. The monoisotopic (exact) mass is 435 g/mol. The minimum Gasteiger partial charge on any atom is -0.384 e. The van der Waals surface area contributed by atoms with E-state index in [9.17, 15) is 0 Å². The van der Waals surface area contributed by atoms with Crippen LogP contribution in [-0.2, 0) is 11.2 Å². The molecule has 0 saturated carbocycles. The van der Waals surface area contributed by atoms with Crippen LogP contribution in [-0.4, -0.2) is 39.8 Å². The van der Waals surface area contributed by atoms with Gasteiger partial charge in [0.2, 0.25) is 16.8 Å². The minimum atomic E-state index is 0.0435. The van der Waals surface area contributed by atoms with Crippen molar-refractivity contribution in [2.45, 2.75) is 25.3 Å². The van der Waals surface area contributed by atoms with Crippen LogP contribution in [0, 0.1) is 0 Å². The summed E-state index contributed by atoms with van der Waals surface area (Å²) in [6, 6.07) is 7.90. The highest BCUT2D eigenvalue weighted by molar-refractivity contribution is 9.10. The maximum atomic E-state index is 5.59. The van der Waals surface area contributed by atoms with Gasteiger partial charge in [0, 0.05) is 41.6 Å². The third kappa shape index (κ3) is 3.51. The molecule has 1 fully saturated rings. The fraction of sp³-hybridized carbons (Fsp3) is 0.412. The number of methoxy groups -OCH3 is 1. The predicted octanol–water partition coefficient (Wildman–Crippen LogP) is 3.88. The van der Waals surface area contributed by atoms with E-state index < -0.39 is 0 Å². The van der Waals surface area contributed by atoms with Gasteiger partial charge in [-0.05, 0) is 25.0 Å². The van der Waals surface area contributed by atoms with Gasteiger partial charge in [0.1, 0.15) is 11.9 Å². The Morgan fingerprint density at radius 1 is 1.35 bits per heavy atom. The van der Waals surface area contributed by atoms with E-state index in [1.54, 1.807) is 7.11 Å². The van der Waals surface area contributed by atoms with E-state index in [2.05, 4.69) is 40.3 Å². The topological polar surface area (TPSA) is 77.2 Å². The Hall–Kier alpha value is -1.84. The molecule has 2 aromatic heterocycles. The lowest BCUT2D eigenvalue weighted by Crippen LogP contribution is -2.22. The van der Waals surface area contributed by atoms with Gasteiger partial charge < -0.3 is 14.2 Å². The minimum absolute atomic E-state index is 0.0435. The Bertz CT molecular complexity index is 883.